The van der Waals surface area contributed by atoms with Gasteiger partial charge in [-0.15, -0.1) is 0 Å². The van der Waals surface area contributed by atoms with E-state index in [0.717, 1.165) is 0 Å². The lowest BCUT2D eigenvalue weighted by Crippen LogP contribution is -2.33. The summed E-state index contributed by atoms with van der Waals surface area (Å²) in [7, 11) is 0. The second-order valence-electron chi connectivity index (χ2n) is 4.37. The zero-order valence-electron chi connectivity index (χ0n) is 10.2. The van der Waals surface area contributed by atoms with Gasteiger partial charge in [-0.2, -0.15) is 0 Å². The second kappa shape index (κ2) is 4.51. The Labute approximate surface area is 91.5 Å². The standard InChI is InChI=1S/C12H20N2O/c1-8(2)13-12(15)7-14-6-9(3)10(4)11(14)5/h6,8H,7H2,1-5H3,(H,13,15). The molecule has 0 radical (unpaired) electrons. The van der Waals surface area contributed by atoms with E-state index in [-0.39, 0.29) is 11.9 Å². The summed E-state index contributed by atoms with van der Waals surface area (Å²) in [5, 5.41) is 2.89. The number of amides is 1. The van der Waals surface area contributed by atoms with Gasteiger partial charge in [-0.25, -0.2) is 0 Å². The Hall–Kier alpha value is -1.25. The Morgan fingerprint density at radius 3 is 2.40 bits per heavy atom. The minimum atomic E-state index is 0.0723. The maximum atomic E-state index is 11.6. The third-order valence-corrected chi connectivity index (χ3v) is 2.68. The van der Waals surface area contributed by atoms with E-state index in [0.29, 0.717) is 6.54 Å². The van der Waals surface area contributed by atoms with E-state index in [1.54, 1.807) is 0 Å². The molecule has 0 aliphatic rings. The van der Waals surface area contributed by atoms with Crippen molar-refractivity contribution in [2.75, 3.05) is 0 Å². The number of carbonyl (C=O) groups is 1. The van der Waals surface area contributed by atoms with Gasteiger partial charge in [0, 0.05) is 17.9 Å². The summed E-state index contributed by atoms with van der Waals surface area (Å²) in [6.07, 6.45) is 2.03. The average molecular weight is 208 g/mol. The maximum Gasteiger partial charge on any atom is 0.240 e. The van der Waals surface area contributed by atoms with E-state index < -0.39 is 0 Å². The molecular formula is C12H20N2O. The van der Waals surface area contributed by atoms with Crippen LogP contribution in [-0.2, 0) is 11.3 Å². The zero-order chi connectivity index (χ0) is 11.6. The van der Waals surface area contributed by atoms with Gasteiger partial charge in [0.2, 0.25) is 5.91 Å². The molecule has 0 aromatic carbocycles. The molecule has 3 nitrogen and oxygen atoms in total. The fraction of sp³-hybridized carbons (Fsp3) is 0.583. The van der Waals surface area contributed by atoms with E-state index in [4.69, 9.17) is 0 Å². The molecule has 1 amide bonds. The first kappa shape index (κ1) is 11.8. The van der Waals surface area contributed by atoms with Gasteiger partial charge in [-0.3, -0.25) is 4.79 Å². The van der Waals surface area contributed by atoms with Gasteiger partial charge in [-0.1, -0.05) is 0 Å². The molecule has 1 aromatic heterocycles. The van der Waals surface area contributed by atoms with Crippen molar-refractivity contribution in [2.45, 2.75) is 47.2 Å². The highest BCUT2D eigenvalue weighted by Crippen LogP contribution is 2.14. The van der Waals surface area contributed by atoms with Crippen LogP contribution in [0.25, 0.3) is 0 Å². The van der Waals surface area contributed by atoms with E-state index in [9.17, 15) is 4.79 Å². The third kappa shape index (κ3) is 2.85. The molecule has 1 aromatic rings. The largest absolute Gasteiger partial charge is 0.352 e. The van der Waals surface area contributed by atoms with E-state index >= 15 is 0 Å². The summed E-state index contributed by atoms with van der Waals surface area (Å²) >= 11 is 0. The van der Waals surface area contributed by atoms with Gasteiger partial charge in [0.15, 0.2) is 0 Å². The molecule has 1 heterocycles. The topological polar surface area (TPSA) is 34.0 Å². The Kier molecular flexibility index (Phi) is 3.56. The maximum absolute atomic E-state index is 11.6. The molecule has 0 fully saturated rings. The molecule has 0 unspecified atom stereocenters. The lowest BCUT2D eigenvalue weighted by atomic mass is 10.2. The van der Waals surface area contributed by atoms with Crippen LogP contribution in [0.4, 0.5) is 0 Å². The highest BCUT2D eigenvalue weighted by atomic mass is 16.2. The minimum Gasteiger partial charge on any atom is -0.352 e. The quantitative estimate of drug-likeness (QED) is 0.809. The number of nitrogens with zero attached hydrogens (tertiary/aromatic N) is 1. The number of rotatable bonds is 3. The predicted octanol–water partition coefficient (Wildman–Crippen LogP) is 1.94. The van der Waals surface area contributed by atoms with Crippen LogP contribution in [0.5, 0.6) is 0 Å². The molecule has 0 saturated heterocycles. The number of hydrogen-bond donors (Lipinski definition) is 1. The average Bonchev–Trinajstić information content (AvgIpc) is 2.32. The fourth-order valence-electron chi connectivity index (χ4n) is 1.61. The van der Waals surface area contributed by atoms with Crippen molar-refractivity contribution >= 4 is 5.91 Å². The molecule has 84 valence electrons. The Balaban J connectivity index is 2.73. The van der Waals surface area contributed by atoms with Crippen LogP contribution >= 0.6 is 0 Å². The van der Waals surface area contributed by atoms with E-state index in [1.165, 1.54) is 16.8 Å². The number of aryl methyl sites for hydroxylation is 1. The third-order valence-electron chi connectivity index (χ3n) is 2.68. The first-order valence-electron chi connectivity index (χ1n) is 5.34. The normalized spacial score (nSPS) is 10.8. The molecule has 15 heavy (non-hydrogen) atoms. The van der Waals surface area contributed by atoms with Crippen molar-refractivity contribution in [1.82, 2.24) is 9.88 Å². The number of hydrogen-bond acceptors (Lipinski definition) is 1. The molecule has 1 N–H and O–H groups in total. The first-order valence-corrected chi connectivity index (χ1v) is 5.34. The van der Waals surface area contributed by atoms with Gasteiger partial charge < -0.3 is 9.88 Å². The summed E-state index contributed by atoms with van der Waals surface area (Å²) in [5.41, 5.74) is 3.68. The minimum absolute atomic E-state index is 0.0723. The summed E-state index contributed by atoms with van der Waals surface area (Å²) in [6, 6.07) is 0.204. The smallest absolute Gasteiger partial charge is 0.240 e. The van der Waals surface area contributed by atoms with Crippen LogP contribution in [0.2, 0.25) is 0 Å². The first-order chi connectivity index (χ1) is 6.91. The summed E-state index contributed by atoms with van der Waals surface area (Å²) in [6.45, 7) is 10.6. The Bertz CT molecular complexity index is 364. The van der Waals surface area contributed by atoms with E-state index in [1.807, 2.05) is 31.5 Å². The van der Waals surface area contributed by atoms with Crippen LogP contribution in [-0.4, -0.2) is 16.5 Å². The van der Waals surface area contributed by atoms with Gasteiger partial charge in [0.1, 0.15) is 6.54 Å². The van der Waals surface area contributed by atoms with Crippen LogP contribution in [0.15, 0.2) is 6.20 Å². The number of carbonyl (C=O) groups excluding carboxylic acids is 1. The van der Waals surface area contributed by atoms with Crippen LogP contribution in [0.1, 0.15) is 30.7 Å². The lowest BCUT2D eigenvalue weighted by molar-refractivity contribution is -0.122. The Morgan fingerprint density at radius 1 is 1.40 bits per heavy atom. The van der Waals surface area contributed by atoms with Crippen molar-refractivity contribution in [3.63, 3.8) is 0 Å². The summed E-state index contributed by atoms with van der Waals surface area (Å²) in [5.74, 6) is 0.0723. The highest BCUT2D eigenvalue weighted by Gasteiger charge is 2.09. The molecule has 0 aliphatic carbocycles. The molecule has 0 saturated carbocycles. The van der Waals surface area contributed by atoms with Crippen LogP contribution < -0.4 is 5.32 Å². The molecular weight excluding hydrogens is 188 g/mol. The van der Waals surface area contributed by atoms with E-state index in [2.05, 4.69) is 19.2 Å². The lowest BCUT2D eigenvalue weighted by Gasteiger charge is -2.10. The highest BCUT2D eigenvalue weighted by molar-refractivity contribution is 5.76. The molecule has 0 atom stereocenters. The van der Waals surface area contributed by atoms with Gasteiger partial charge in [-0.05, 0) is 45.7 Å². The fourth-order valence-corrected chi connectivity index (χ4v) is 1.61. The Morgan fingerprint density at radius 2 is 2.00 bits per heavy atom. The van der Waals surface area contributed by atoms with Crippen molar-refractivity contribution in [3.8, 4) is 0 Å². The van der Waals surface area contributed by atoms with Crippen LogP contribution in [0.3, 0.4) is 0 Å². The number of nitrogens with one attached hydrogen (secondary N) is 1. The summed E-state index contributed by atoms with van der Waals surface area (Å²) < 4.78 is 2.00. The second-order valence-corrected chi connectivity index (χ2v) is 4.37. The summed E-state index contributed by atoms with van der Waals surface area (Å²) in [4.78, 5) is 11.6. The van der Waals surface area contributed by atoms with Gasteiger partial charge in [0.05, 0.1) is 0 Å². The molecule has 3 heteroatoms. The van der Waals surface area contributed by atoms with Gasteiger partial charge >= 0.3 is 0 Å². The van der Waals surface area contributed by atoms with Crippen molar-refractivity contribution in [2.24, 2.45) is 0 Å². The molecule has 1 rings (SSSR count). The molecule has 0 aliphatic heterocycles. The SMILES string of the molecule is Cc1cn(CC(=O)NC(C)C)c(C)c1C. The van der Waals surface area contributed by atoms with Gasteiger partial charge in [0.25, 0.3) is 0 Å². The van der Waals surface area contributed by atoms with Crippen molar-refractivity contribution < 1.29 is 4.79 Å². The number of aromatic nitrogens is 1. The molecule has 0 spiro atoms. The van der Waals surface area contributed by atoms with Crippen molar-refractivity contribution in [3.05, 3.63) is 23.0 Å². The monoisotopic (exact) mass is 208 g/mol. The zero-order valence-corrected chi connectivity index (χ0v) is 10.2. The predicted molar refractivity (Wildman–Crippen MR) is 61.9 cm³/mol. The van der Waals surface area contributed by atoms with Crippen LogP contribution in [0, 0.1) is 20.8 Å². The molecule has 0 bridgehead atoms. The van der Waals surface area contributed by atoms with Crippen molar-refractivity contribution in [1.29, 1.82) is 0 Å².